The summed E-state index contributed by atoms with van der Waals surface area (Å²) >= 11 is 0. The van der Waals surface area contributed by atoms with Gasteiger partial charge in [0.15, 0.2) is 0 Å². The van der Waals surface area contributed by atoms with Gasteiger partial charge in [-0.05, 0) is 31.5 Å². The van der Waals surface area contributed by atoms with Gasteiger partial charge >= 0.3 is 0 Å². The van der Waals surface area contributed by atoms with Crippen molar-refractivity contribution in [1.29, 1.82) is 5.26 Å². The van der Waals surface area contributed by atoms with Crippen LogP contribution in [0, 0.1) is 25.2 Å². The lowest BCUT2D eigenvalue weighted by Crippen LogP contribution is -2.11. The van der Waals surface area contributed by atoms with Gasteiger partial charge in [0.25, 0.3) is 0 Å². The monoisotopic (exact) mass is 317 g/mol. The van der Waals surface area contributed by atoms with Gasteiger partial charge in [-0.1, -0.05) is 35.9 Å². The normalized spacial score (nSPS) is 11.9. The molecule has 1 atom stereocenters. The number of nitrogens with zero attached hydrogens (tertiary/aromatic N) is 3. The fourth-order valence-corrected chi connectivity index (χ4v) is 2.87. The molecule has 0 spiro atoms. The highest BCUT2D eigenvalue weighted by atomic mass is 16.3. The van der Waals surface area contributed by atoms with Crippen LogP contribution in [0.3, 0.4) is 0 Å². The molecule has 0 saturated carbocycles. The summed E-state index contributed by atoms with van der Waals surface area (Å²) in [5.41, 5.74) is 5.32. The molecule has 24 heavy (non-hydrogen) atoms. The number of aliphatic hydroxyl groups is 1. The number of aryl methyl sites for hydroxylation is 2. The molecule has 120 valence electrons. The molecule has 1 unspecified atom stereocenters. The number of rotatable bonds is 4. The number of benzene rings is 1. The summed E-state index contributed by atoms with van der Waals surface area (Å²) < 4.78 is 2.00. The number of pyridine rings is 1. The Hall–Kier alpha value is -2.90. The molecule has 0 aliphatic carbocycles. The number of nitriles is 1. The molecule has 3 aromatic rings. The van der Waals surface area contributed by atoms with Gasteiger partial charge in [0.05, 0.1) is 23.9 Å². The van der Waals surface area contributed by atoms with E-state index in [1.807, 2.05) is 60.9 Å². The van der Waals surface area contributed by atoms with Gasteiger partial charge in [0.2, 0.25) is 0 Å². The van der Waals surface area contributed by atoms with Gasteiger partial charge < -0.3 is 9.67 Å². The van der Waals surface area contributed by atoms with Crippen molar-refractivity contribution in [3.8, 4) is 17.3 Å². The standard InChI is InChI=1S/C20H19N3O/c1-14-5-7-16(8-6-14)20-18(11-21)10-15(2)23(20)13-19(24)17-4-3-9-22-12-17/h3-10,12,19,24H,13H2,1-2H3. The molecule has 2 aromatic heterocycles. The van der Waals surface area contributed by atoms with Gasteiger partial charge in [-0.2, -0.15) is 5.26 Å². The molecule has 0 aliphatic heterocycles. The lowest BCUT2D eigenvalue weighted by atomic mass is 10.1. The average molecular weight is 317 g/mol. The van der Waals surface area contributed by atoms with E-state index in [0.717, 1.165) is 22.5 Å². The van der Waals surface area contributed by atoms with Gasteiger partial charge in [-0.3, -0.25) is 4.98 Å². The molecule has 4 heteroatoms. The Labute approximate surface area is 141 Å². The van der Waals surface area contributed by atoms with Crippen LogP contribution in [0.1, 0.15) is 28.5 Å². The topological polar surface area (TPSA) is 61.8 Å². The zero-order valence-electron chi connectivity index (χ0n) is 13.8. The second kappa shape index (κ2) is 6.69. The molecule has 0 fully saturated rings. The summed E-state index contributed by atoms with van der Waals surface area (Å²) in [5, 5.41) is 20.0. The molecule has 3 rings (SSSR count). The van der Waals surface area contributed by atoms with Crippen molar-refractivity contribution in [2.75, 3.05) is 0 Å². The second-order valence-corrected chi connectivity index (χ2v) is 5.94. The first kappa shape index (κ1) is 16.0. The summed E-state index contributed by atoms with van der Waals surface area (Å²) in [6.07, 6.45) is 2.67. The molecular weight excluding hydrogens is 298 g/mol. The molecule has 1 aromatic carbocycles. The maximum Gasteiger partial charge on any atom is 0.101 e. The zero-order chi connectivity index (χ0) is 17.1. The van der Waals surface area contributed by atoms with E-state index >= 15 is 0 Å². The maximum atomic E-state index is 10.6. The van der Waals surface area contributed by atoms with Crippen LogP contribution in [0.25, 0.3) is 11.3 Å². The third-order valence-electron chi connectivity index (χ3n) is 4.17. The third-order valence-corrected chi connectivity index (χ3v) is 4.17. The number of hydrogen-bond donors (Lipinski definition) is 1. The van der Waals surface area contributed by atoms with Gasteiger partial charge in [-0.25, -0.2) is 0 Å². The van der Waals surface area contributed by atoms with E-state index in [9.17, 15) is 10.4 Å². The Morgan fingerprint density at radius 1 is 1.21 bits per heavy atom. The van der Waals surface area contributed by atoms with Crippen LogP contribution >= 0.6 is 0 Å². The lowest BCUT2D eigenvalue weighted by Gasteiger charge is -2.17. The van der Waals surface area contributed by atoms with E-state index in [-0.39, 0.29) is 0 Å². The van der Waals surface area contributed by atoms with E-state index in [2.05, 4.69) is 11.1 Å². The molecule has 0 saturated heterocycles. The van der Waals surface area contributed by atoms with E-state index < -0.39 is 6.10 Å². The van der Waals surface area contributed by atoms with Crippen molar-refractivity contribution in [1.82, 2.24) is 9.55 Å². The Kier molecular flexibility index (Phi) is 4.45. The summed E-state index contributed by atoms with van der Waals surface area (Å²) in [7, 11) is 0. The predicted molar refractivity (Wildman–Crippen MR) is 93.3 cm³/mol. The van der Waals surface area contributed by atoms with Crippen LogP contribution in [0.15, 0.2) is 54.9 Å². The van der Waals surface area contributed by atoms with E-state index in [1.54, 1.807) is 12.4 Å². The van der Waals surface area contributed by atoms with Crippen molar-refractivity contribution in [3.05, 3.63) is 77.2 Å². The van der Waals surface area contributed by atoms with Crippen LogP contribution in [0.5, 0.6) is 0 Å². The Balaban J connectivity index is 2.03. The number of hydrogen-bond acceptors (Lipinski definition) is 3. The molecule has 0 radical (unpaired) electrons. The minimum atomic E-state index is -0.680. The van der Waals surface area contributed by atoms with Crippen molar-refractivity contribution >= 4 is 0 Å². The van der Waals surface area contributed by atoms with Crippen molar-refractivity contribution in [2.45, 2.75) is 26.5 Å². The minimum Gasteiger partial charge on any atom is -0.386 e. The average Bonchev–Trinajstić information content (AvgIpc) is 2.92. The van der Waals surface area contributed by atoms with Crippen molar-refractivity contribution < 1.29 is 5.11 Å². The molecule has 0 amide bonds. The molecule has 0 aliphatic rings. The van der Waals surface area contributed by atoms with Crippen LogP contribution in [0.2, 0.25) is 0 Å². The lowest BCUT2D eigenvalue weighted by molar-refractivity contribution is 0.156. The van der Waals surface area contributed by atoms with Crippen molar-refractivity contribution in [3.63, 3.8) is 0 Å². The quantitative estimate of drug-likeness (QED) is 0.796. The SMILES string of the molecule is Cc1ccc(-c2c(C#N)cc(C)n2CC(O)c2cccnc2)cc1. The highest BCUT2D eigenvalue weighted by Crippen LogP contribution is 2.29. The summed E-state index contributed by atoms with van der Waals surface area (Å²) in [4.78, 5) is 4.06. The first-order valence-corrected chi connectivity index (χ1v) is 7.85. The molecular formula is C20H19N3O. The van der Waals surface area contributed by atoms with E-state index in [1.165, 1.54) is 5.56 Å². The van der Waals surface area contributed by atoms with Crippen LogP contribution in [-0.2, 0) is 6.54 Å². The maximum absolute atomic E-state index is 10.6. The smallest absolute Gasteiger partial charge is 0.101 e. The van der Waals surface area contributed by atoms with Gasteiger partial charge in [-0.15, -0.1) is 0 Å². The molecule has 4 nitrogen and oxygen atoms in total. The Morgan fingerprint density at radius 2 is 1.96 bits per heavy atom. The first-order chi connectivity index (χ1) is 11.6. The molecule has 2 heterocycles. The summed E-state index contributed by atoms with van der Waals surface area (Å²) in [5.74, 6) is 0. The molecule has 1 N–H and O–H groups in total. The highest BCUT2D eigenvalue weighted by Gasteiger charge is 2.18. The minimum absolute atomic E-state index is 0.377. The Bertz CT molecular complexity index is 874. The summed E-state index contributed by atoms with van der Waals surface area (Å²) in [6, 6.07) is 15.9. The van der Waals surface area contributed by atoms with Crippen molar-refractivity contribution in [2.24, 2.45) is 0 Å². The zero-order valence-corrected chi connectivity index (χ0v) is 13.8. The second-order valence-electron chi connectivity index (χ2n) is 5.94. The Morgan fingerprint density at radius 3 is 2.58 bits per heavy atom. The number of aromatic nitrogens is 2. The third kappa shape index (κ3) is 3.08. The predicted octanol–water partition coefficient (Wildman–Crippen LogP) is 3.77. The largest absolute Gasteiger partial charge is 0.386 e. The first-order valence-electron chi connectivity index (χ1n) is 7.85. The van der Waals surface area contributed by atoms with Gasteiger partial charge in [0, 0.05) is 23.7 Å². The van der Waals surface area contributed by atoms with Crippen LogP contribution in [0.4, 0.5) is 0 Å². The van der Waals surface area contributed by atoms with E-state index in [0.29, 0.717) is 12.1 Å². The highest BCUT2D eigenvalue weighted by molar-refractivity contribution is 5.69. The van der Waals surface area contributed by atoms with Crippen LogP contribution < -0.4 is 0 Å². The fraction of sp³-hybridized carbons (Fsp3) is 0.200. The number of aliphatic hydroxyl groups excluding tert-OH is 1. The van der Waals surface area contributed by atoms with Gasteiger partial charge in [0.1, 0.15) is 6.07 Å². The molecule has 0 bridgehead atoms. The van der Waals surface area contributed by atoms with E-state index in [4.69, 9.17) is 0 Å². The van der Waals surface area contributed by atoms with Crippen LogP contribution in [-0.4, -0.2) is 14.7 Å². The summed E-state index contributed by atoms with van der Waals surface area (Å²) in [6.45, 7) is 4.36. The fourth-order valence-electron chi connectivity index (χ4n) is 2.87.